The number of nitrogens with zero attached hydrogens (tertiary/aromatic N) is 3. The second-order valence-corrected chi connectivity index (χ2v) is 11.1. The molecule has 0 unspecified atom stereocenters. The minimum absolute atomic E-state index is 0.434. The van der Waals surface area contributed by atoms with Crippen LogP contribution in [0.15, 0.2) is 18.3 Å². The van der Waals surface area contributed by atoms with E-state index in [1.54, 1.807) is 0 Å². The van der Waals surface area contributed by atoms with Gasteiger partial charge < -0.3 is 0 Å². The molecule has 0 bridgehead atoms. The maximum absolute atomic E-state index is 4.64. The van der Waals surface area contributed by atoms with Gasteiger partial charge in [0.15, 0.2) is 0 Å². The average Bonchev–Trinajstić information content (AvgIpc) is 3.29. The summed E-state index contributed by atoms with van der Waals surface area (Å²) in [6.45, 7) is 5.26. The van der Waals surface area contributed by atoms with Crippen LogP contribution in [-0.4, -0.2) is 15.0 Å². The van der Waals surface area contributed by atoms with E-state index in [4.69, 9.17) is 0 Å². The van der Waals surface area contributed by atoms with E-state index in [0.717, 1.165) is 23.7 Å². The van der Waals surface area contributed by atoms with Crippen LogP contribution in [0.1, 0.15) is 95.7 Å². The molecule has 146 valence electrons. The summed E-state index contributed by atoms with van der Waals surface area (Å²) in [4.78, 5) is 0. The molecule has 0 aliphatic heterocycles. The lowest BCUT2D eigenvalue weighted by molar-refractivity contribution is -0.0954. The third-order valence-electron chi connectivity index (χ3n) is 10.0. The van der Waals surface area contributed by atoms with Crippen LogP contribution in [-0.2, 0) is 0 Å². The van der Waals surface area contributed by atoms with E-state index in [0.29, 0.717) is 22.8 Å². The van der Waals surface area contributed by atoms with Crippen LogP contribution in [0.4, 0.5) is 0 Å². The topological polar surface area (TPSA) is 30.7 Å². The maximum atomic E-state index is 4.64. The van der Waals surface area contributed by atoms with Crippen molar-refractivity contribution in [1.29, 1.82) is 0 Å². The molecular weight excluding hydrogens is 330 g/mol. The van der Waals surface area contributed by atoms with Crippen LogP contribution in [0.2, 0.25) is 0 Å². The van der Waals surface area contributed by atoms with Gasteiger partial charge in [-0.15, -0.1) is 5.10 Å². The van der Waals surface area contributed by atoms with Crippen molar-refractivity contribution in [3.05, 3.63) is 24.0 Å². The van der Waals surface area contributed by atoms with E-state index in [1.165, 1.54) is 69.9 Å². The standard InChI is InChI=1S/C24H35N3/c1-23-13-4-3-5-17(23)8-9-18-19-10-11-22(24(19,2)14-12-20(18)23)27-15-21(25-26-27)16-6-7-16/h3-4,15-20,22H,5-14H2,1-2H3/t17-,18+,19+,20+,22-,23+,24+/m1/s1. The number of aromatic nitrogens is 3. The summed E-state index contributed by atoms with van der Waals surface area (Å²) >= 11 is 0. The molecule has 4 fully saturated rings. The van der Waals surface area contributed by atoms with Gasteiger partial charge in [-0.25, -0.2) is 4.68 Å². The molecule has 1 heterocycles. The van der Waals surface area contributed by atoms with Gasteiger partial charge in [-0.1, -0.05) is 31.2 Å². The first-order chi connectivity index (χ1) is 13.1. The molecule has 27 heavy (non-hydrogen) atoms. The third-order valence-corrected chi connectivity index (χ3v) is 10.0. The van der Waals surface area contributed by atoms with E-state index in [9.17, 15) is 0 Å². The SMILES string of the molecule is C[C@]12CC=CC[C@@H]1CC[C@@H]1[C@@H]2CC[C@@]2(C)[C@H]1CC[C@H]2n1cc(C2CC2)nn1. The quantitative estimate of drug-likeness (QED) is 0.610. The summed E-state index contributed by atoms with van der Waals surface area (Å²) in [6, 6.07) is 0.584. The van der Waals surface area contributed by atoms with Crippen LogP contribution in [0.3, 0.4) is 0 Å². The molecule has 0 N–H and O–H groups in total. The molecule has 0 aromatic carbocycles. The van der Waals surface area contributed by atoms with Gasteiger partial charge in [0.05, 0.1) is 11.7 Å². The van der Waals surface area contributed by atoms with Gasteiger partial charge in [0, 0.05) is 12.1 Å². The number of hydrogen-bond acceptors (Lipinski definition) is 2. The zero-order chi connectivity index (χ0) is 18.2. The molecule has 6 rings (SSSR count). The van der Waals surface area contributed by atoms with Crippen LogP contribution >= 0.6 is 0 Å². The number of fused-ring (bicyclic) bond motifs is 5. The zero-order valence-corrected chi connectivity index (χ0v) is 17.1. The third kappa shape index (κ3) is 2.32. The van der Waals surface area contributed by atoms with Crippen molar-refractivity contribution < 1.29 is 0 Å². The molecular formula is C24H35N3. The van der Waals surface area contributed by atoms with E-state index < -0.39 is 0 Å². The van der Waals surface area contributed by atoms with Crippen LogP contribution in [0.5, 0.6) is 0 Å². The first-order valence-corrected chi connectivity index (χ1v) is 11.7. The molecule has 3 nitrogen and oxygen atoms in total. The second-order valence-electron chi connectivity index (χ2n) is 11.1. The van der Waals surface area contributed by atoms with Crippen molar-refractivity contribution in [2.75, 3.05) is 0 Å². The summed E-state index contributed by atoms with van der Waals surface area (Å²) < 4.78 is 2.30. The van der Waals surface area contributed by atoms with Crippen molar-refractivity contribution in [2.24, 2.45) is 34.5 Å². The fourth-order valence-electron chi connectivity index (χ4n) is 8.25. The van der Waals surface area contributed by atoms with Gasteiger partial charge in [-0.05, 0) is 98.7 Å². The number of hydrogen-bond donors (Lipinski definition) is 0. The highest BCUT2D eigenvalue weighted by atomic mass is 15.4. The van der Waals surface area contributed by atoms with Gasteiger partial charge in [0.2, 0.25) is 0 Å². The number of allylic oxidation sites excluding steroid dienone is 2. The Balaban J connectivity index is 1.29. The van der Waals surface area contributed by atoms with Crippen LogP contribution < -0.4 is 0 Å². The Bertz CT molecular complexity index is 761. The molecule has 0 radical (unpaired) electrons. The van der Waals surface area contributed by atoms with E-state index in [1.807, 2.05) is 0 Å². The largest absolute Gasteiger partial charge is 0.249 e. The van der Waals surface area contributed by atoms with Crippen molar-refractivity contribution in [2.45, 2.75) is 90.0 Å². The predicted molar refractivity (Wildman–Crippen MR) is 107 cm³/mol. The minimum atomic E-state index is 0.434. The Labute approximate surface area is 164 Å². The van der Waals surface area contributed by atoms with Gasteiger partial charge >= 0.3 is 0 Å². The van der Waals surface area contributed by atoms with Crippen molar-refractivity contribution in [3.8, 4) is 0 Å². The van der Waals surface area contributed by atoms with Crippen LogP contribution in [0, 0.1) is 34.5 Å². The smallest absolute Gasteiger partial charge is 0.0858 e. The fraction of sp³-hybridized carbons (Fsp3) is 0.833. The van der Waals surface area contributed by atoms with Gasteiger partial charge in [-0.3, -0.25) is 0 Å². The zero-order valence-electron chi connectivity index (χ0n) is 17.1. The molecule has 1 aromatic heterocycles. The Morgan fingerprint density at radius 3 is 2.63 bits per heavy atom. The Morgan fingerprint density at radius 2 is 1.78 bits per heavy atom. The minimum Gasteiger partial charge on any atom is -0.249 e. The lowest BCUT2D eigenvalue weighted by Gasteiger charge is -2.59. The summed E-state index contributed by atoms with van der Waals surface area (Å²) in [5, 5.41) is 9.18. The van der Waals surface area contributed by atoms with Crippen molar-refractivity contribution >= 4 is 0 Å². The molecule has 1 aromatic rings. The Kier molecular flexibility index (Phi) is 3.55. The van der Waals surface area contributed by atoms with E-state index in [-0.39, 0.29) is 0 Å². The van der Waals surface area contributed by atoms with Gasteiger partial charge in [-0.2, -0.15) is 0 Å². The monoisotopic (exact) mass is 365 g/mol. The maximum Gasteiger partial charge on any atom is 0.0858 e. The number of rotatable bonds is 2. The molecule has 0 saturated heterocycles. The highest BCUT2D eigenvalue weighted by molar-refractivity contribution is 5.14. The lowest BCUT2D eigenvalue weighted by Crippen LogP contribution is -2.52. The molecule has 5 aliphatic carbocycles. The van der Waals surface area contributed by atoms with E-state index >= 15 is 0 Å². The molecule has 7 atom stereocenters. The molecule has 0 spiro atoms. The summed E-state index contributed by atoms with van der Waals surface area (Å²) in [7, 11) is 0. The van der Waals surface area contributed by atoms with E-state index in [2.05, 4.69) is 47.2 Å². The Morgan fingerprint density at radius 1 is 0.926 bits per heavy atom. The molecule has 4 saturated carbocycles. The van der Waals surface area contributed by atoms with Crippen molar-refractivity contribution in [3.63, 3.8) is 0 Å². The second kappa shape index (κ2) is 5.70. The summed E-state index contributed by atoms with van der Waals surface area (Å²) in [5.41, 5.74) is 2.27. The highest BCUT2D eigenvalue weighted by Crippen LogP contribution is 2.67. The summed E-state index contributed by atoms with van der Waals surface area (Å²) in [5.74, 6) is 4.47. The molecule has 5 aliphatic rings. The highest BCUT2D eigenvalue weighted by Gasteiger charge is 2.60. The van der Waals surface area contributed by atoms with Gasteiger partial charge in [0.25, 0.3) is 0 Å². The summed E-state index contributed by atoms with van der Waals surface area (Å²) in [6.07, 6.45) is 21.1. The lowest BCUT2D eigenvalue weighted by atomic mass is 9.46. The van der Waals surface area contributed by atoms with Crippen molar-refractivity contribution in [1.82, 2.24) is 15.0 Å². The first-order valence-electron chi connectivity index (χ1n) is 11.7. The normalized spacial score (nSPS) is 48.7. The molecule has 0 amide bonds. The predicted octanol–water partition coefficient (Wildman–Crippen LogP) is 5.91. The average molecular weight is 366 g/mol. The Hall–Kier alpha value is -1.12. The first kappa shape index (κ1) is 16.8. The van der Waals surface area contributed by atoms with Crippen LogP contribution in [0.25, 0.3) is 0 Å². The fourth-order valence-corrected chi connectivity index (χ4v) is 8.25. The van der Waals surface area contributed by atoms with Gasteiger partial charge in [0.1, 0.15) is 0 Å². The molecule has 3 heteroatoms.